The molecule has 2 atom stereocenters. The average molecular weight is 264 g/mol. The molecule has 1 fully saturated rings. The summed E-state index contributed by atoms with van der Waals surface area (Å²) in [6.45, 7) is 6.37. The Labute approximate surface area is 117 Å². The van der Waals surface area contributed by atoms with E-state index in [1.54, 1.807) is 0 Å². The van der Waals surface area contributed by atoms with Crippen molar-refractivity contribution in [3.05, 3.63) is 17.5 Å². The van der Waals surface area contributed by atoms with Crippen molar-refractivity contribution in [2.75, 3.05) is 13.1 Å². The minimum absolute atomic E-state index is 0.330. The molecular formula is C15H28N4. The lowest BCUT2D eigenvalue weighted by Crippen LogP contribution is -2.40. The maximum absolute atomic E-state index is 6.10. The summed E-state index contributed by atoms with van der Waals surface area (Å²) in [5, 5.41) is 4.58. The molecule has 0 radical (unpaired) electrons. The van der Waals surface area contributed by atoms with Gasteiger partial charge in [0.05, 0.1) is 11.7 Å². The molecule has 4 nitrogen and oxygen atoms in total. The van der Waals surface area contributed by atoms with E-state index < -0.39 is 0 Å². The predicted octanol–water partition coefficient (Wildman–Crippen LogP) is 2.25. The van der Waals surface area contributed by atoms with Crippen LogP contribution in [0.2, 0.25) is 0 Å². The standard InChI is InChI=1S/C15H28N4/c1-4-14-13(11-18(3)17-14)15(10-16)19-9-7-5-6-8-12(19)2/h11-12,15H,4-10,16H2,1-3H3. The molecule has 1 aliphatic heterocycles. The number of rotatable bonds is 4. The molecule has 1 aliphatic rings. The largest absolute Gasteiger partial charge is 0.329 e. The molecule has 0 saturated carbocycles. The van der Waals surface area contributed by atoms with E-state index in [-0.39, 0.29) is 0 Å². The van der Waals surface area contributed by atoms with Gasteiger partial charge in [-0.15, -0.1) is 0 Å². The van der Waals surface area contributed by atoms with E-state index >= 15 is 0 Å². The van der Waals surface area contributed by atoms with Crippen molar-refractivity contribution in [1.29, 1.82) is 0 Å². The molecule has 0 spiro atoms. The molecule has 2 heterocycles. The highest BCUT2D eigenvalue weighted by Crippen LogP contribution is 2.29. The molecule has 2 unspecified atom stereocenters. The molecule has 2 rings (SSSR count). The normalized spacial score (nSPS) is 23.3. The van der Waals surface area contributed by atoms with Crippen LogP contribution in [0.5, 0.6) is 0 Å². The number of hydrogen-bond donors (Lipinski definition) is 1. The zero-order valence-electron chi connectivity index (χ0n) is 12.6. The fourth-order valence-corrected chi connectivity index (χ4v) is 3.31. The van der Waals surface area contributed by atoms with Gasteiger partial charge in [0.15, 0.2) is 0 Å². The van der Waals surface area contributed by atoms with Gasteiger partial charge in [0.2, 0.25) is 0 Å². The highest BCUT2D eigenvalue weighted by molar-refractivity contribution is 5.22. The number of likely N-dealkylation sites (tertiary alicyclic amines) is 1. The van der Waals surface area contributed by atoms with Gasteiger partial charge in [-0.3, -0.25) is 9.58 Å². The van der Waals surface area contributed by atoms with Crippen molar-refractivity contribution in [3.8, 4) is 0 Å². The van der Waals surface area contributed by atoms with Gasteiger partial charge in [0.1, 0.15) is 0 Å². The van der Waals surface area contributed by atoms with Crippen molar-refractivity contribution >= 4 is 0 Å². The number of nitrogens with zero attached hydrogens (tertiary/aromatic N) is 3. The Morgan fingerprint density at radius 3 is 2.89 bits per heavy atom. The first-order chi connectivity index (χ1) is 9.17. The van der Waals surface area contributed by atoms with Gasteiger partial charge in [-0.05, 0) is 32.7 Å². The van der Waals surface area contributed by atoms with Crippen molar-refractivity contribution in [1.82, 2.24) is 14.7 Å². The quantitative estimate of drug-likeness (QED) is 0.907. The Hall–Kier alpha value is -0.870. The third-order valence-corrected chi connectivity index (χ3v) is 4.36. The van der Waals surface area contributed by atoms with Crippen molar-refractivity contribution in [3.63, 3.8) is 0 Å². The van der Waals surface area contributed by atoms with Crippen LogP contribution >= 0.6 is 0 Å². The van der Waals surface area contributed by atoms with Crippen LogP contribution in [-0.2, 0) is 13.5 Å². The lowest BCUT2D eigenvalue weighted by atomic mass is 10.0. The maximum Gasteiger partial charge on any atom is 0.0670 e. The van der Waals surface area contributed by atoms with Gasteiger partial charge in [-0.2, -0.15) is 5.10 Å². The molecule has 0 amide bonds. The van der Waals surface area contributed by atoms with E-state index in [4.69, 9.17) is 5.73 Å². The first-order valence-corrected chi connectivity index (χ1v) is 7.65. The monoisotopic (exact) mass is 264 g/mol. The van der Waals surface area contributed by atoms with Crippen LogP contribution in [0.3, 0.4) is 0 Å². The van der Waals surface area contributed by atoms with Crippen molar-refractivity contribution in [2.45, 2.75) is 58.0 Å². The van der Waals surface area contributed by atoms with E-state index in [2.05, 4.69) is 30.0 Å². The minimum Gasteiger partial charge on any atom is -0.329 e. The van der Waals surface area contributed by atoms with Crippen LogP contribution in [-0.4, -0.2) is 33.8 Å². The van der Waals surface area contributed by atoms with Gasteiger partial charge in [0, 0.05) is 31.4 Å². The van der Waals surface area contributed by atoms with Crippen LogP contribution in [0.4, 0.5) is 0 Å². The van der Waals surface area contributed by atoms with Crippen LogP contribution in [0, 0.1) is 0 Å². The fraction of sp³-hybridized carbons (Fsp3) is 0.800. The van der Waals surface area contributed by atoms with Gasteiger partial charge < -0.3 is 5.73 Å². The Bertz CT molecular complexity index is 399. The van der Waals surface area contributed by atoms with Crippen LogP contribution in [0.1, 0.15) is 56.8 Å². The summed E-state index contributed by atoms with van der Waals surface area (Å²) < 4.78 is 1.93. The fourth-order valence-electron chi connectivity index (χ4n) is 3.31. The second kappa shape index (κ2) is 6.53. The summed E-state index contributed by atoms with van der Waals surface area (Å²) >= 11 is 0. The summed E-state index contributed by atoms with van der Waals surface area (Å²) in [6, 6.07) is 0.956. The first-order valence-electron chi connectivity index (χ1n) is 7.65. The van der Waals surface area contributed by atoms with E-state index in [1.165, 1.54) is 43.5 Å². The minimum atomic E-state index is 0.330. The van der Waals surface area contributed by atoms with Crippen molar-refractivity contribution in [2.24, 2.45) is 12.8 Å². The Balaban J connectivity index is 2.26. The van der Waals surface area contributed by atoms with E-state index in [0.29, 0.717) is 18.6 Å². The SMILES string of the molecule is CCc1nn(C)cc1C(CN)N1CCCCCC1C. The summed E-state index contributed by atoms with van der Waals surface area (Å²) in [4.78, 5) is 2.60. The molecule has 0 bridgehead atoms. The molecule has 1 aromatic heterocycles. The number of hydrogen-bond acceptors (Lipinski definition) is 3. The Kier molecular flexibility index (Phi) is 4.99. The van der Waals surface area contributed by atoms with E-state index in [1.807, 2.05) is 11.7 Å². The van der Waals surface area contributed by atoms with E-state index in [9.17, 15) is 0 Å². The zero-order chi connectivity index (χ0) is 13.8. The topological polar surface area (TPSA) is 47.1 Å². The number of aryl methyl sites for hydroxylation is 2. The molecule has 2 N–H and O–H groups in total. The molecule has 108 valence electrons. The molecule has 0 aliphatic carbocycles. The van der Waals surface area contributed by atoms with Gasteiger partial charge in [0.25, 0.3) is 0 Å². The number of nitrogens with two attached hydrogens (primary N) is 1. The maximum atomic E-state index is 6.10. The zero-order valence-corrected chi connectivity index (χ0v) is 12.6. The highest BCUT2D eigenvalue weighted by Gasteiger charge is 2.27. The molecular weight excluding hydrogens is 236 g/mol. The second-order valence-corrected chi connectivity index (χ2v) is 5.75. The van der Waals surface area contributed by atoms with E-state index in [0.717, 1.165) is 6.42 Å². The first kappa shape index (κ1) is 14.5. The van der Waals surface area contributed by atoms with Crippen LogP contribution in [0.25, 0.3) is 0 Å². The molecule has 1 saturated heterocycles. The number of aromatic nitrogens is 2. The van der Waals surface area contributed by atoms with Crippen LogP contribution in [0.15, 0.2) is 6.20 Å². The summed E-state index contributed by atoms with van der Waals surface area (Å²) in [7, 11) is 2.00. The third kappa shape index (κ3) is 3.18. The summed E-state index contributed by atoms with van der Waals surface area (Å²) in [5.41, 5.74) is 8.64. The molecule has 1 aromatic rings. The van der Waals surface area contributed by atoms with Gasteiger partial charge >= 0.3 is 0 Å². The predicted molar refractivity (Wildman–Crippen MR) is 79.0 cm³/mol. The lowest BCUT2D eigenvalue weighted by Gasteiger charge is -2.34. The average Bonchev–Trinajstić information content (AvgIpc) is 2.64. The lowest BCUT2D eigenvalue weighted by molar-refractivity contribution is 0.150. The summed E-state index contributed by atoms with van der Waals surface area (Å²) in [5.74, 6) is 0. The molecule has 19 heavy (non-hydrogen) atoms. The van der Waals surface area contributed by atoms with Crippen LogP contribution < -0.4 is 5.73 Å². The summed E-state index contributed by atoms with van der Waals surface area (Å²) in [6.07, 6.45) is 8.43. The molecule has 0 aromatic carbocycles. The van der Waals surface area contributed by atoms with Gasteiger partial charge in [-0.25, -0.2) is 0 Å². The smallest absolute Gasteiger partial charge is 0.0670 e. The Morgan fingerprint density at radius 2 is 2.21 bits per heavy atom. The van der Waals surface area contributed by atoms with Gasteiger partial charge in [-0.1, -0.05) is 19.8 Å². The molecule has 4 heteroatoms. The highest BCUT2D eigenvalue weighted by atomic mass is 15.3. The third-order valence-electron chi connectivity index (χ3n) is 4.36. The second-order valence-electron chi connectivity index (χ2n) is 5.75. The van der Waals surface area contributed by atoms with Crippen molar-refractivity contribution < 1.29 is 0 Å². The Morgan fingerprint density at radius 1 is 1.42 bits per heavy atom.